The van der Waals surface area contributed by atoms with Gasteiger partial charge in [-0.05, 0) is 42.0 Å². The van der Waals surface area contributed by atoms with Crippen molar-refractivity contribution in [3.8, 4) is 11.5 Å². The fourth-order valence-electron chi connectivity index (χ4n) is 2.08. The number of anilines is 1. The van der Waals surface area contributed by atoms with E-state index in [-0.39, 0.29) is 10.6 Å². The third-order valence-corrected chi connectivity index (χ3v) is 3.63. The molecular formula is C18H16ClNO5. The number of nitrogens with one attached hydrogen (secondary N) is 1. The highest BCUT2D eigenvalue weighted by atomic mass is 35.5. The largest absolute Gasteiger partial charge is 0.493 e. The number of carbonyl (C=O) groups is 2. The average Bonchev–Trinajstić information content (AvgIpc) is 2.61. The maximum atomic E-state index is 12.0. The lowest BCUT2D eigenvalue weighted by atomic mass is 10.1. The third kappa shape index (κ3) is 4.74. The van der Waals surface area contributed by atoms with E-state index in [1.165, 1.54) is 38.5 Å². The van der Waals surface area contributed by atoms with Crippen molar-refractivity contribution in [2.24, 2.45) is 0 Å². The Bertz CT molecular complexity index is 832. The summed E-state index contributed by atoms with van der Waals surface area (Å²) in [5.41, 5.74) is 1.00. The Morgan fingerprint density at radius 1 is 1.08 bits per heavy atom. The molecule has 130 valence electrons. The number of hydrogen-bond acceptors (Lipinski definition) is 4. The molecule has 0 aromatic heterocycles. The second kappa shape index (κ2) is 8.21. The van der Waals surface area contributed by atoms with Crippen molar-refractivity contribution in [2.75, 3.05) is 19.5 Å². The van der Waals surface area contributed by atoms with Gasteiger partial charge in [-0.2, -0.15) is 0 Å². The number of rotatable bonds is 6. The molecule has 0 heterocycles. The molecule has 0 saturated heterocycles. The lowest BCUT2D eigenvalue weighted by Crippen LogP contribution is -2.09. The molecule has 1 amide bonds. The molecule has 0 aliphatic rings. The van der Waals surface area contributed by atoms with Crippen LogP contribution in [0.1, 0.15) is 15.9 Å². The quantitative estimate of drug-likeness (QED) is 0.766. The van der Waals surface area contributed by atoms with Crippen LogP contribution in [0.4, 0.5) is 5.69 Å². The zero-order chi connectivity index (χ0) is 18.4. The summed E-state index contributed by atoms with van der Waals surface area (Å²) in [5, 5.41) is 11.7. The summed E-state index contributed by atoms with van der Waals surface area (Å²) in [5.74, 6) is -0.434. The molecule has 0 aliphatic carbocycles. The molecule has 0 bridgehead atoms. The predicted molar refractivity (Wildman–Crippen MR) is 95.6 cm³/mol. The molecule has 2 aromatic carbocycles. The maximum Gasteiger partial charge on any atom is 0.337 e. The first-order valence-electron chi connectivity index (χ1n) is 7.18. The highest BCUT2D eigenvalue weighted by molar-refractivity contribution is 6.33. The van der Waals surface area contributed by atoms with Crippen molar-refractivity contribution < 1.29 is 24.2 Å². The van der Waals surface area contributed by atoms with Crippen LogP contribution in [0.2, 0.25) is 5.02 Å². The molecule has 0 spiro atoms. The molecule has 6 nitrogen and oxygen atoms in total. The number of ether oxygens (including phenoxy) is 2. The predicted octanol–water partition coefficient (Wildman–Crippen LogP) is 3.71. The molecule has 2 N–H and O–H groups in total. The molecule has 0 saturated carbocycles. The van der Waals surface area contributed by atoms with Gasteiger partial charge < -0.3 is 19.9 Å². The van der Waals surface area contributed by atoms with Gasteiger partial charge in [-0.25, -0.2) is 4.79 Å². The lowest BCUT2D eigenvalue weighted by Gasteiger charge is -2.07. The van der Waals surface area contributed by atoms with Gasteiger partial charge in [0.1, 0.15) is 0 Å². The molecular weight excluding hydrogens is 346 g/mol. The van der Waals surface area contributed by atoms with E-state index < -0.39 is 11.9 Å². The summed E-state index contributed by atoms with van der Waals surface area (Å²) in [6.07, 6.45) is 2.93. The summed E-state index contributed by atoms with van der Waals surface area (Å²) >= 11 is 5.79. The van der Waals surface area contributed by atoms with Crippen LogP contribution < -0.4 is 14.8 Å². The van der Waals surface area contributed by atoms with Crippen molar-refractivity contribution in [3.63, 3.8) is 0 Å². The smallest absolute Gasteiger partial charge is 0.337 e. The topological polar surface area (TPSA) is 84.9 Å². The number of carboxylic acid groups (broad SMARTS) is 1. The fourth-order valence-corrected chi connectivity index (χ4v) is 2.28. The highest BCUT2D eigenvalue weighted by Crippen LogP contribution is 2.28. The van der Waals surface area contributed by atoms with Crippen LogP contribution in [-0.2, 0) is 4.79 Å². The zero-order valence-corrected chi connectivity index (χ0v) is 14.3. The summed E-state index contributed by atoms with van der Waals surface area (Å²) in [6.45, 7) is 0. The van der Waals surface area contributed by atoms with Crippen LogP contribution in [0.25, 0.3) is 6.08 Å². The molecule has 7 heteroatoms. The van der Waals surface area contributed by atoms with E-state index in [2.05, 4.69) is 5.32 Å². The van der Waals surface area contributed by atoms with Gasteiger partial charge in [0.25, 0.3) is 0 Å². The Labute approximate surface area is 149 Å². The van der Waals surface area contributed by atoms with Gasteiger partial charge in [0, 0.05) is 11.8 Å². The number of hydrogen-bond donors (Lipinski definition) is 2. The number of carboxylic acids is 1. The number of aromatic carboxylic acids is 1. The SMILES string of the molecule is COc1ccc(/C=C/C(=O)Nc2ccc(Cl)c(C(=O)O)c2)cc1OC. The number of methoxy groups -OCH3 is 2. The van der Waals surface area contributed by atoms with E-state index in [0.29, 0.717) is 17.2 Å². The second-order valence-electron chi connectivity index (χ2n) is 4.94. The second-order valence-corrected chi connectivity index (χ2v) is 5.34. The number of carbonyl (C=O) groups excluding carboxylic acids is 1. The minimum Gasteiger partial charge on any atom is -0.493 e. The molecule has 0 fully saturated rings. The van der Waals surface area contributed by atoms with Crippen LogP contribution in [0.15, 0.2) is 42.5 Å². The van der Waals surface area contributed by atoms with E-state index in [1.54, 1.807) is 24.3 Å². The zero-order valence-electron chi connectivity index (χ0n) is 13.6. The highest BCUT2D eigenvalue weighted by Gasteiger charge is 2.10. The normalized spacial score (nSPS) is 10.5. The lowest BCUT2D eigenvalue weighted by molar-refractivity contribution is -0.111. The molecule has 2 rings (SSSR count). The first-order valence-corrected chi connectivity index (χ1v) is 7.56. The van der Waals surface area contributed by atoms with Gasteiger partial charge >= 0.3 is 5.97 Å². The van der Waals surface area contributed by atoms with Crippen molar-refractivity contribution in [2.45, 2.75) is 0 Å². The first-order chi connectivity index (χ1) is 11.9. The van der Waals surface area contributed by atoms with Crippen LogP contribution in [0.3, 0.4) is 0 Å². The average molecular weight is 362 g/mol. The Hall–Kier alpha value is -2.99. The number of benzene rings is 2. The van der Waals surface area contributed by atoms with Gasteiger partial charge in [-0.1, -0.05) is 17.7 Å². The number of halogens is 1. The van der Waals surface area contributed by atoms with Gasteiger partial charge in [0.05, 0.1) is 24.8 Å². The summed E-state index contributed by atoms with van der Waals surface area (Å²) in [4.78, 5) is 23.0. The molecule has 25 heavy (non-hydrogen) atoms. The summed E-state index contributed by atoms with van der Waals surface area (Å²) in [6, 6.07) is 9.47. The van der Waals surface area contributed by atoms with Crippen LogP contribution in [0, 0.1) is 0 Å². The molecule has 0 atom stereocenters. The summed E-state index contributed by atoms with van der Waals surface area (Å²) < 4.78 is 10.3. The Morgan fingerprint density at radius 3 is 2.44 bits per heavy atom. The third-order valence-electron chi connectivity index (χ3n) is 3.30. The Balaban J connectivity index is 2.11. The minimum absolute atomic E-state index is 0.0802. The van der Waals surface area contributed by atoms with Crippen molar-refractivity contribution in [1.29, 1.82) is 0 Å². The van der Waals surface area contributed by atoms with Crippen LogP contribution in [-0.4, -0.2) is 31.2 Å². The number of amides is 1. The standard InChI is InChI=1S/C18H16ClNO5/c1-24-15-7-3-11(9-16(15)25-2)4-8-17(21)20-12-5-6-14(19)13(10-12)18(22)23/h3-10H,1-2H3,(H,20,21)(H,22,23)/b8-4+. The van der Waals surface area contributed by atoms with Gasteiger partial charge in [-0.15, -0.1) is 0 Å². The Kier molecular flexibility index (Phi) is 6.03. The van der Waals surface area contributed by atoms with E-state index >= 15 is 0 Å². The first kappa shape index (κ1) is 18.4. The van der Waals surface area contributed by atoms with Crippen LogP contribution in [0.5, 0.6) is 11.5 Å². The summed E-state index contributed by atoms with van der Waals surface area (Å²) in [7, 11) is 3.07. The minimum atomic E-state index is -1.16. The van der Waals surface area contributed by atoms with Crippen molar-refractivity contribution >= 4 is 35.2 Å². The maximum absolute atomic E-state index is 12.0. The van der Waals surface area contributed by atoms with E-state index in [0.717, 1.165) is 5.56 Å². The van der Waals surface area contributed by atoms with Gasteiger partial charge in [0.15, 0.2) is 11.5 Å². The fraction of sp³-hybridized carbons (Fsp3) is 0.111. The Morgan fingerprint density at radius 2 is 1.80 bits per heavy atom. The molecule has 2 aromatic rings. The van der Waals surface area contributed by atoms with E-state index in [9.17, 15) is 9.59 Å². The molecule has 0 aliphatic heterocycles. The van der Waals surface area contributed by atoms with E-state index in [4.69, 9.17) is 26.2 Å². The van der Waals surface area contributed by atoms with E-state index in [1.807, 2.05) is 0 Å². The molecule has 0 unspecified atom stereocenters. The van der Waals surface area contributed by atoms with Crippen molar-refractivity contribution in [3.05, 3.63) is 58.6 Å². The van der Waals surface area contributed by atoms with Crippen LogP contribution >= 0.6 is 11.6 Å². The van der Waals surface area contributed by atoms with Gasteiger partial charge in [0.2, 0.25) is 5.91 Å². The monoisotopic (exact) mass is 361 g/mol. The van der Waals surface area contributed by atoms with Gasteiger partial charge in [-0.3, -0.25) is 4.79 Å². The molecule has 0 radical (unpaired) electrons. The van der Waals surface area contributed by atoms with Crippen molar-refractivity contribution in [1.82, 2.24) is 0 Å².